The van der Waals surface area contributed by atoms with Crippen molar-refractivity contribution in [2.24, 2.45) is 5.92 Å². The molecule has 1 aliphatic carbocycles. The fourth-order valence-corrected chi connectivity index (χ4v) is 2.17. The Morgan fingerprint density at radius 3 is 2.85 bits per heavy atom. The molecule has 1 N–H and O–H groups in total. The molecule has 110 valence electrons. The van der Waals surface area contributed by atoms with Gasteiger partial charge in [-0.25, -0.2) is 4.39 Å². The number of halogens is 1. The van der Waals surface area contributed by atoms with Crippen molar-refractivity contribution in [3.63, 3.8) is 0 Å². The molecule has 1 fully saturated rings. The average molecular weight is 281 g/mol. The van der Waals surface area contributed by atoms with E-state index < -0.39 is 11.9 Å². The average Bonchev–Trinajstić information content (AvgIpc) is 3.24. The van der Waals surface area contributed by atoms with Crippen molar-refractivity contribution in [3.8, 4) is 5.75 Å². The minimum atomic E-state index is -0.547. The maximum absolute atomic E-state index is 13.7. The zero-order valence-corrected chi connectivity index (χ0v) is 11.8. The fraction of sp³-hybridized carbons (Fsp3) is 0.533. The molecule has 1 saturated carbocycles. The van der Waals surface area contributed by atoms with Crippen LogP contribution in [0.4, 0.5) is 4.39 Å². The highest BCUT2D eigenvalue weighted by Crippen LogP contribution is 2.33. The van der Waals surface area contributed by atoms with E-state index in [2.05, 4.69) is 0 Å². The number of aliphatic hydroxyl groups is 1. The molecule has 1 aromatic carbocycles. The highest BCUT2D eigenvalue weighted by molar-refractivity contribution is 5.96. The van der Waals surface area contributed by atoms with Gasteiger partial charge >= 0.3 is 0 Å². The predicted molar refractivity (Wildman–Crippen MR) is 73.3 cm³/mol. The van der Waals surface area contributed by atoms with Gasteiger partial charge < -0.3 is 14.7 Å². The number of benzene rings is 1. The fourth-order valence-electron chi connectivity index (χ4n) is 2.17. The highest BCUT2D eigenvalue weighted by atomic mass is 19.1. The van der Waals surface area contributed by atoms with Crippen LogP contribution in [-0.4, -0.2) is 42.2 Å². The Kier molecular flexibility index (Phi) is 4.60. The summed E-state index contributed by atoms with van der Waals surface area (Å²) in [6.45, 7) is 2.28. The van der Waals surface area contributed by atoms with Gasteiger partial charge in [-0.05, 0) is 37.8 Å². The van der Waals surface area contributed by atoms with Crippen molar-refractivity contribution in [2.75, 3.05) is 20.2 Å². The highest BCUT2D eigenvalue weighted by Gasteiger charge is 2.31. The quantitative estimate of drug-likeness (QED) is 0.868. The first-order valence-corrected chi connectivity index (χ1v) is 6.89. The third kappa shape index (κ3) is 3.28. The molecule has 1 amide bonds. The van der Waals surface area contributed by atoms with E-state index >= 15 is 0 Å². The van der Waals surface area contributed by atoms with Crippen molar-refractivity contribution >= 4 is 5.91 Å². The molecule has 20 heavy (non-hydrogen) atoms. The van der Waals surface area contributed by atoms with Crippen molar-refractivity contribution < 1.29 is 19.0 Å². The number of nitrogens with zero attached hydrogens (tertiary/aromatic N) is 1. The summed E-state index contributed by atoms with van der Waals surface area (Å²) in [6, 6.07) is 4.29. The predicted octanol–water partition coefficient (Wildman–Crippen LogP) is 2.07. The van der Waals surface area contributed by atoms with Crippen molar-refractivity contribution in [3.05, 3.63) is 29.6 Å². The third-order valence-electron chi connectivity index (χ3n) is 3.46. The van der Waals surface area contributed by atoms with Gasteiger partial charge in [0.2, 0.25) is 0 Å². The smallest absolute Gasteiger partial charge is 0.257 e. The number of carbonyl (C=O) groups excluding carboxylic acids is 1. The van der Waals surface area contributed by atoms with Crippen LogP contribution >= 0.6 is 0 Å². The minimum absolute atomic E-state index is 0.0206. The Bertz CT molecular complexity index is 488. The summed E-state index contributed by atoms with van der Waals surface area (Å²) in [5.74, 6) is -0.613. The first kappa shape index (κ1) is 14.8. The zero-order valence-electron chi connectivity index (χ0n) is 11.8. The second kappa shape index (κ2) is 6.22. The number of carbonyl (C=O) groups is 1. The molecule has 0 aromatic heterocycles. The standard InChI is InChI=1S/C15H20FNO3/c1-3-20-14-11(5-4-6-12(14)16)15(19)17(2)9-13(18)10-7-8-10/h4-6,10,13,18H,3,7-9H2,1-2H3. The molecule has 1 aromatic rings. The van der Waals surface area contributed by atoms with Gasteiger partial charge in [0.05, 0.1) is 18.3 Å². The van der Waals surface area contributed by atoms with E-state index in [4.69, 9.17) is 4.74 Å². The van der Waals surface area contributed by atoms with E-state index in [-0.39, 0.29) is 30.4 Å². The summed E-state index contributed by atoms with van der Waals surface area (Å²) in [4.78, 5) is 13.8. The van der Waals surface area contributed by atoms with Gasteiger partial charge in [0.25, 0.3) is 5.91 Å². The lowest BCUT2D eigenvalue weighted by molar-refractivity contribution is 0.0641. The van der Waals surface area contributed by atoms with E-state index in [9.17, 15) is 14.3 Å². The van der Waals surface area contributed by atoms with E-state index in [1.807, 2.05) is 0 Å². The molecule has 0 aliphatic heterocycles. The van der Waals surface area contributed by atoms with Crippen LogP contribution in [0.15, 0.2) is 18.2 Å². The summed E-state index contributed by atoms with van der Waals surface area (Å²) >= 11 is 0. The van der Waals surface area contributed by atoms with Crippen LogP contribution in [0.2, 0.25) is 0 Å². The second-order valence-electron chi connectivity index (χ2n) is 5.14. The molecule has 4 nitrogen and oxygen atoms in total. The molecule has 1 aliphatic rings. The number of amides is 1. The molecule has 0 spiro atoms. The topological polar surface area (TPSA) is 49.8 Å². The summed E-state index contributed by atoms with van der Waals surface area (Å²) in [5, 5.41) is 9.88. The molecule has 0 heterocycles. The van der Waals surface area contributed by atoms with E-state index in [1.54, 1.807) is 14.0 Å². The van der Waals surface area contributed by atoms with Gasteiger partial charge in [-0.1, -0.05) is 6.07 Å². The Balaban J connectivity index is 2.12. The van der Waals surface area contributed by atoms with Crippen LogP contribution in [0.3, 0.4) is 0 Å². The maximum atomic E-state index is 13.7. The van der Waals surface area contributed by atoms with E-state index in [1.165, 1.54) is 23.1 Å². The minimum Gasteiger partial charge on any atom is -0.490 e. The van der Waals surface area contributed by atoms with Gasteiger partial charge in [0.1, 0.15) is 0 Å². The van der Waals surface area contributed by atoms with Gasteiger partial charge in [-0.15, -0.1) is 0 Å². The van der Waals surface area contributed by atoms with Crippen molar-refractivity contribution in [1.29, 1.82) is 0 Å². The monoisotopic (exact) mass is 281 g/mol. The number of rotatable bonds is 6. The van der Waals surface area contributed by atoms with Gasteiger partial charge in [-0.2, -0.15) is 0 Å². The Labute approximate surface area is 118 Å². The van der Waals surface area contributed by atoms with Crippen molar-refractivity contribution in [2.45, 2.75) is 25.9 Å². The number of para-hydroxylation sites is 1. The summed E-state index contributed by atoms with van der Waals surface area (Å²) in [6.07, 6.45) is 1.51. The zero-order chi connectivity index (χ0) is 14.7. The van der Waals surface area contributed by atoms with Gasteiger partial charge in [0.15, 0.2) is 11.6 Å². The van der Waals surface area contributed by atoms with Gasteiger partial charge in [-0.3, -0.25) is 4.79 Å². The van der Waals surface area contributed by atoms with Gasteiger partial charge in [0, 0.05) is 13.6 Å². The van der Waals surface area contributed by atoms with Crippen LogP contribution in [0.5, 0.6) is 5.75 Å². The third-order valence-corrected chi connectivity index (χ3v) is 3.46. The summed E-state index contributed by atoms with van der Waals surface area (Å²) in [7, 11) is 1.61. The summed E-state index contributed by atoms with van der Waals surface area (Å²) < 4.78 is 18.9. The number of hydrogen-bond acceptors (Lipinski definition) is 3. The molecule has 0 bridgehead atoms. The molecule has 1 atom stereocenters. The molecular weight excluding hydrogens is 261 g/mol. The molecule has 2 rings (SSSR count). The number of aliphatic hydroxyl groups excluding tert-OH is 1. The summed E-state index contributed by atoms with van der Waals surface area (Å²) in [5.41, 5.74) is 0.192. The molecule has 1 unspecified atom stereocenters. The first-order chi connectivity index (χ1) is 9.54. The SMILES string of the molecule is CCOc1c(F)cccc1C(=O)N(C)CC(O)C1CC1. The lowest BCUT2D eigenvalue weighted by atomic mass is 10.1. The lowest BCUT2D eigenvalue weighted by Gasteiger charge is -2.22. The molecule has 0 saturated heterocycles. The lowest BCUT2D eigenvalue weighted by Crippen LogP contribution is -2.35. The van der Waals surface area contributed by atoms with E-state index in [0.29, 0.717) is 5.92 Å². The Morgan fingerprint density at radius 2 is 2.25 bits per heavy atom. The largest absolute Gasteiger partial charge is 0.490 e. The Hall–Kier alpha value is -1.62. The van der Waals surface area contributed by atoms with E-state index in [0.717, 1.165) is 12.8 Å². The number of likely N-dealkylation sites (N-methyl/N-ethyl adjacent to an activating group) is 1. The van der Waals surface area contributed by atoms with Crippen LogP contribution in [0.1, 0.15) is 30.1 Å². The normalized spacial score (nSPS) is 15.8. The first-order valence-electron chi connectivity index (χ1n) is 6.89. The number of hydrogen-bond donors (Lipinski definition) is 1. The molecular formula is C15H20FNO3. The second-order valence-corrected chi connectivity index (χ2v) is 5.14. The molecule has 0 radical (unpaired) electrons. The van der Waals surface area contributed by atoms with Crippen LogP contribution in [0, 0.1) is 11.7 Å². The van der Waals surface area contributed by atoms with Crippen LogP contribution in [-0.2, 0) is 0 Å². The van der Waals surface area contributed by atoms with Crippen LogP contribution in [0.25, 0.3) is 0 Å². The Morgan fingerprint density at radius 1 is 1.55 bits per heavy atom. The maximum Gasteiger partial charge on any atom is 0.257 e. The van der Waals surface area contributed by atoms with Crippen molar-refractivity contribution in [1.82, 2.24) is 4.90 Å². The van der Waals surface area contributed by atoms with Crippen LogP contribution < -0.4 is 4.74 Å². The number of ether oxygens (including phenoxy) is 1. The molecule has 5 heteroatoms.